The fourth-order valence-corrected chi connectivity index (χ4v) is 3.41. The second-order valence-electron chi connectivity index (χ2n) is 7.95. The summed E-state index contributed by atoms with van der Waals surface area (Å²) < 4.78 is 2.01. The van der Waals surface area contributed by atoms with Crippen LogP contribution in [0.3, 0.4) is 0 Å². The summed E-state index contributed by atoms with van der Waals surface area (Å²) in [6.07, 6.45) is 0. The number of aryl methyl sites for hydroxylation is 2. The quantitative estimate of drug-likeness (QED) is 0.660. The van der Waals surface area contributed by atoms with Gasteiger partial charge in [-0.2, -0.15) is 0 Å². The van der Waals surface area contributed by atoms with Gasteiger partial charge in [-0.25, -0.2) is 4.68 Å². The van der Waals surface area contributed by atoms with Crippen LogP contribution in [0.15, 0.2) is 21.7 Å². The monoisotopic (exact) mass is 355 g/mol. The van der Waals surface area contributed by atoms with E-state index >= 15 is 0 Å². The van der Waals surface area contributed by atoms with E-state index in [9.17, 15) is 19.2 Å². The summed E-state index contributed by atoms with van der Waals surface area (Å²) in [5, 5.41) is 0. The molecule has 0 aromatic carbocycles. The fourth-order valence-electron chi connectivity index (χ4n) is 3.41. The molecule has 7 heteroatoms. The van der Waals surface area contributed by atoms with Gasteiger partial charge >= 0.3 is 0 Å². The first-order valence-corrected chi connectivity index (χ1v) is 8.29. The number of carbonyl (C=O) groups excluding carboxylic acids is 2. The molecular formula is C19H21N3O4. The summed E-state index contributed by atoms with van der Waals surface area (Å²) in [5.74, 6) is 4.80. The van der Waals surface area contributed by atoms with Crippen LogP contribution in [-0.2, 0) is 6.54 Å². The Hall–Kier alpha value is -2.96. The molecule has 0 spiro atoms. The molecule has 0 aliphatic heterocycles. The number of nitrogen functional groups attached to an aromatic ring is 1. The highest BCUT2D eigenvalue weighted by molar-refractivity contribution is 6.28. The molecule has 1 aliphatic rings. The topological polar surface area (TPSA) is 104 Å². The Balaban J connectivity index is 2.46. The summed E-state index contributed by atoms with van der Waals surface area (Å²) in [4.78, 5) is 51.0. The number of fused-ring (bicyclic) bond motifs is 2. The molecule has 0 radical (unpaired) electrons. The molecule has 0 unspecified atom stereocenters. The van der Waals surface area contributed by atoms with Gasteiger partial charge in [0, 0.05) is 18.7 Å². The first-order valence-electron chi connectivity index (χ1n) is 8.29. The van der Waals surface area contributed by atoms with E-state index < -0.39 is 17.1 Å². The molecule has 1 aliphatic carbocycles. The Bertz CT molecular complexity index is 1100. The molecule has 0 saturated heterocycles. The predicted molar refractivity (Wildman–Crippen MR) is 97.3 cm³/mol. The van der Waals surface area contributed by atoms with Crippen LogP contribution >= 0.6 is 0 Å². The van der Waals surface area contributed by atoms with Gasteiger partial charge in [-0.05, 0) is 30.4 Å². The van der Waals surface area contributed by atoms with Gasteiger partial charge in [0.1, 0.15) is 11.4 Å². The van der Waals surface area contributed by atoms with Crippen LogP contribution in [0, 0.1) is 19.3 Å². The molecule has 3 rings (SSSR count). The largest absolute Gasteiger partial charge is 0.336 e. The van der Waals surface area contributed by atoms with E-state index in [4.69, 9.17) is 5.84 Å². The van der Waals surface area contributed by atoms with E-state index in [1.807, 2.05) is 20.8 Å². The first-order chi connectivity index (χ1) is 11.9. The van der Waals surface area contributed by atoms with Crippen LogP contribution < -0.4 is 17.0 Å². The highest BCUT2D eigenvalue weighted by Gasteiger charge is 2.38. The minimum Gasteiger partial charge on any atom is -0.336 e. The molecular weight excluding hydrogens is 334 g/mol. The first kappa shape index (κ1) is 17.8. The Morgan fingerprint density at radius 2 is 1.35 bits per heavy atom. The molecule has 0 saturated carbocycles. The van der Waals surface area contributed by atoms with Gasteiger partial charge in [-0.1, -0.05) is 20.8 Å². The number of aromatic nitrogens is 2. The van der Waals surface area contributed by atoms with Crippen molar-refractivity contribution in [3.63, 3.8) is 0 Å². The lowest BCUT2D eigenvalue weighted by atomic mass is 9.84. The summed E-state index contributed by atoms with van der Waals surface area (Å²) in [7, 11) is 0. The number of nitrogens with two attached hydrogens (primary N) is 1. The van der Waals surface area contributed by atoms with Crippen molar-refractivity contribution in [3.05, 3.63) is 66.5 Å². The normalized spacial score (nSPS) is 13.6. The Morgan fingerprint density at radius 3 is 1.88 bits per heavy atom. The van der Waals surface area contributed by atoms with Gasteiger partial charge in [0.25, 0.3) is 11.1 Å². The predicted octanol–water partition coefficient (Wildman–Crippen LogP) is 1.16. The summed E-state index contributed by atoms with van der Waals surface area (Å²) in [5.41, 5.74) is -0.251. The minimum absolute atomic E-state index is 0.00613. The Kier molecular flexibility index (Phi) is 3.79. The highest BCUT2D eigenvalue weighted by atomic mass is 16.2. The Morgan fingerprint density at radius 1 is 0.846 bits per heavy atom. The van der Waals surface area contributed by atoms with Gasteiger partial charge < -0.3 is 10.4 Å². The number of ketones is 2. The van der Waals surface area contributed by atoms with Gasteiger partial charge in [0.15, 0.2) is 5.78 Å². The lowest BCUT2D eigenvalue weighted by molar-refractivity contribution is 0.0960. The van der Waals surface area contributed by atoms with Crippen molar-refractivity contribution >= 4 is 11.6 Å². The molecule has 136 valence electrons. The van der Waals surface area contributed by atoms with Crippen molar-refractivity contribution in [1.29, 1.82) is 0 Å². The molecule has 0 fully saturated rings. The fraction of sp³-hybridized carbons (Fsp3) is 0.368. The van der Waals surface area contributed by atoms with Crippen molar-refractivity contribution in [3.8, 4) is 0 Å². The highest BCUT2D eigenvalue weighted by Crippen LogP contribution is 2.30. The molecule has 0 bridgehead atoms. The minimum atomic E-state index is -0.581. The molecule has 2 N–H and O–H groups in total. The summed E-state index contributed by atoms with van der Waals surface area (Å²) in [6, 6.07) is 2.60. The smallest absolute Gasteiger partial charge is 0.269 e. The maximum Gasteiger partial charge on any atom is 0.269 e. The SMILES string of the molecule is Cc1cc(=O)n(N)c2c1C(=O)c1c(C)cc(=O)n(CC(C)(C)C)c1C2=O. The van der Waals surface area contributed by atoms with E-state index in [1.165, 1.54) is 16.7 Å². The zero-order valence-electron chi connectivity index (χ0n) is 15.5. The summed E-state index contributed by atoms with van der Waals surface area (Å²) >= 11 is 0. The average molecular weight is 355 g/mol. The van der Waals surface area contributed by atoms with Crippen LogP contribution in [0.4, 0.5) is 0 Å². The van der Waals surface area contributed by atoms with Crippen molar-refractivity contribution in [2.24, 2.45) is 5.41 Å². The van der Waals surface area contributed by atoms with Crippen molar-refractivity contribution < 1.29 is 9.59 Å². The third kappa shape index (κ3) is 2.51. The van der Waals surface area contributed by atoms with Crippen molar-refractivity contribution in [2.45, 2.75) is 41.2 Å². The van der Waals surface area contributed by atoms with E-state index in [2.05, 4.69) is 0 Å². The molecule has 2 aromatic rings. The van der Waals surface area contributed by atoms with Gasteiger partial charge in [0.05, 0.1) is 11.1 Å². The van der Waals surface area contributed by atoms with Crippen LogP contribution in [0.5, 0.6) is 0 Å². The number of hydrogen-bond acceptors (Lipinski definition) is 5. The van der Waals surface area contributed by atoms with Crippen LogP contribution in [0.2, 0.25) is 0 Å². The van der Waals surface area contributed by atoms with Crippen LogP contribution in [-0.4, -0.2) is 20.8 Å². The van der Waals surface area contributed by atoms with Gasteiger partial charge in [-0.15, -0.1) is 0 Å². The van der Waals surface area contributed by atoms with Gasteiger partial charge in [-0.3, -0.25) is 19.2 Å². The standard InChI is InChI=1S/C19H21N3O4/c1-9-6-11(23)21(8-19(3,4)5)15-13(9)17(25)14-10(2)7-12(24)22(20)16(14)18(15)26/h6-7H,8,20H2,1-5H3. The third-order valence-electron chi connectivity index (χ3n) is 4.47. The third-order valence-corrected chi connectivity index (χ3v) is 4.47. The molecule has 26 heavy (non-hydrogen) atoms. The molecule has 2 aromatic heterocycles. The molecule has 0 amide bonds. The van der Waals surface area contributed by atoms with E-state index in [1.54, 1.807) is 13.8 Å². The zero-order valence-corrected chi connectivity index (χ0v) is 15.5. The lowest BCUT2D eigenvalue weighted by Crippen LogP contribution is -2.42. The van der Waals surface area contributed by atoms with Gasteiger partial charge in [0.2, 0.25) is 5.78 Å². The van der Waals surface area contributed by atoms with Crippen molar-refractivity contribution in [1.82, 2.24) is 9.24 Å². The van der Waals surface area contributed by atoms with Crippen LogP contribution in [0.25, 0.3) is 0 Å². The number of pyridine rings is 2. The van der Waals surface area contributed by atoms with Crippen LogP contribution in [0.1, 0.15) is 64.0 Å². The number of hydrogen-bond donors (Lipinski definition) is 1. The second-order valence-corrected chi connectivity index (χ2v) is 7.95. The lowest BCUT2D eigenvalue weighted by Gasteiger charge is -2.28. The average Bonchev–Trinajstić information content (AvgIpc) is 2.49. The molecule has 0 atom stereocenters. The number of nitrogens with zero attached hydrogens (tertiary/aromatic N) is 2. The van der Waals surface area contributed by atoms with E-state index in [-0.39, 0.29) is 40.0 Å². The molecule has 7 nitrogen and oxygen atoms in total. The maximum atomic E-state index is 13.2. The molecule has 2 heterocycles. The second kappa shape index (κ2) is 5.52. The van der Waals surface area contributed by atoms with Crippen molar-refractivity contribution in [2.75, 3.05) is 5.84 Å². The Labute approximate surface area is 150 Å². The van der Waals surface area contributed by atoms with E-state index in [0.29, 0.717) is 15.8 Å². The zero-order chi connectivity index (χ0) is 19.5. The number of rotatable bonds is 1. The summed E-state index contributed by atoms with van der Waals surface area (Å²) in [6.45, 7) is 9.26. The number of carbonyl (C=O) groups is 2. The maximum absolute atomic E-state index is 13.2. The van der Waals surface area contributed by atoms with E-state index in [0.717, 1.165) is 0 Å².